The normalized spacial score (nSPS) is 15.1. The summed E-state index contributed by atoms with van der Waals surface area (Å²) in [4.78, 5) is 37.5. The van der Waals surface area contributed by atoms with Crippen molar-refractivity contribution in [3.8, 4) is 5.75 Å². The molecule has 3 rings (SSSR count). The third-order valence-electron chi connectivity index (χ3n) is 4.69. The molecular weight excluding hydrogens is 336 g/mol. The molecule has 1 fully saturated rings. The summed E-state index contributed by atoms with van der Waals surface area (Å²) in [7, 11) is 3.24. The molecule has 26 heavy (non-hydrogen) atoms. The molecule has 1 aliphatic heterocycles. The number of aromatic nitrogens is 3. The zero-order chi connectivity index (χ0) is 18.8. The van der Waals surface area contributed by atoms with Crippen molar-refractivity contribution in [1.82, 2.24) is 19.2 Å². The van der Waals surface area contributed by atoms with Gasteiger partial charge in [-0.3, -0.25) is 14.4 Å². The lowest BCUT2D eigenvalue weighted by molar-refractivity contribution is 0.0587. The maximum atomic E-state index is 12.5. The fourth-order valence-electron chi connectivity index (χ4n) is 2.95. The molecule has 0 bridgehead atoms. The number of rotatable bonds is 3. The van der Waals surface area contributed by atoms with Crippen LogP contribution in [0.4, 0.5) is 0 Å². The largest absolute Gasteiger partial charge is 0.490 e. The summed E-state index contributed by atoms with van der Waals surface area (Å²) in [6.45, 7) is 2.94. The molecule has 1 aliphatic rings. The highest BCUT2D eigenvalue weighted by atomic mass is 16.5. The molecular formula is C18H22N4O4. The fourth-order valence-corrected chi connectivity index (χ4v) is 2.95. The van der Waals surface area contributed by atoms with E-state index in [-0.39, 0.29) is 28.8 Å². The van der Waals surface area contributed by atoms with Crippen LogP contribution in [0.3, 0.4) is 0 Å². The lowest BCUT2D eigenvalue weighted by atomic mass is 10.1. The zero-order valence-corrected chi connectivity index (χ0v) is 15.1. The van der Waals surface area contributed by atoms with Crippen LogP contribution >= 0.6 is 0 Å². The number of nitrogens with zero attached hydrogens (tertiary/aromatic N) is 4. The van der Waals surface area contributed by atoms with Gasteiger partial charge in [-0.25, -0.2) is 4.68 Å². The third-order valence-corrected chi connectivity index (χ3v) is 4.69. The van der Waals surface area contributed by atoms with E-state index in [1.54, 1.807) is 16.5 Å². The van der Waals surface area contributed by atoms with E-state index in [9.17, 15) is 14.4 Å². The van der Waals surface area contributed by atoms with Crippen LogP contribution in [0, 0.1) is 6.92 Å². The molecule has 1 saturated heterocycles. The highest BCUT2D eigenvalue weighted by Gasteiger charge is 2.26. The molecule has 3 heterocycles. The molecule has 0 atom stereocenters. The summed E-state index contributed by atoms with van der Waals surface area (Å²) in [5, 5.41) is 4.01. The van der Waals surface area contributed by atoms with E-state index in [1.807, 2.05) is 13.0 Å². The number of ether oxygens (including phenoxy) is 1. The quantitative estimate of drug-likeness (QED) is 0.796. The van der Waals surface area contributed by atoms with Crippen LogP contribution in [0.15, 0.2) is 33.9 Å². The van der Waals surface area contributed by atoms with E-state index in [2.05, 4.69) is 5.10 Å². The number of aryl methyl sites for hydroxylation is 2. The van der Waals surface area contributed by atoms with Gasteiger partial charge in [-0.2, -0.15) is 5.10 Å². The van der Waals surface area contributed by atoms with Gasteiger partial charge < -0.3 is 14.2 Å². The number of piperidine rings is 1. The number of likely N-dealkylation sites (tertiary alicyclic amines) is 1. The first-order valence-electron chi connectivity index (χ1n) is 8.53. The van der Waals surface area contributed by atoms with Gasteiger partial charge in [0.25, 0.3) is 17.0 Å². The van der Waals surface area contributed by atoms with Gasteiger partial charge in [0.15, 0.2) is 0 Å². The van der Waals surface area contributed by atoms with E-state index < -0.39 is 0 Å². The van der Waals surface area contributed by atoms with Gasteiger partial charge in [0.1, 0.15) is 17.5 Å². The van der Waals surface area contributed by atoms with Crippen molar-refractivity contribution in [3.63, 3.8) is 0 Å². The van der Waals surface area contributed by atoms with Gasteiger partial charge >= 0.3 is 0 Å². The molecule has 0 radical (unpaired) electrons. The molecule has 138 valence electrons. The van der Waals surface area contributed by atoms with Gasteiger partial charge in [-0.1, -0.05) is 0 Å². The second-order valence-corrected chi connectivity index (χ2v) is 6.52. The van der Waals surface area contributed by atoms with Crippen LogP contribution < -0.4 is 15.9 Å². The lowest BCUT2D eigenvalue weighted by Gasteiger charge is -2.32. The summed E-state index contributed by atoms with van der Waals surface area (Å²) in [5.41, 5.74) is 0.737. The van der Waals surface area contributed by atoms with Crippen LogP contribution in [0.1, 0.15) is 29.0 Å². The molecule has 8 nitrogen and oxygen atoms in total. The first kappa shape index (κ1) is 17.9. The Balaban J connectivity index is 1.62. The molecule has 0 aliphatic carbocycles. The summed E-state index contributed by atoms with van der Waals surface area (Å²) in [5.74, 6) is 0.374. The Morgan fingerprint density at radius 1 is 1.12 bits per heavy atom. The Hall–Kier alpha value is -2.90. The SMILES string of the molecule is Cc1cc(OC2CCN(C(=O)c3ccc(=O)n(C)n3)CC2)cc(=O)n1C. The van der Waals surface area contributed by atoms with Gasteiger partial charge in [0.05, 0.1) is 0 Å². The van der Waals surface area contributed by atoms with Gasteiger partial charge in [-0.05, 0) is 19.1 Å². The number of carbonyl (C=O) groups excluding carboxylic acids is 1. The predicted octanol–water partition coefficient (Wildman–Crippen LogP) is 0.471. The van der Waals surface area contributed by atoms with Crippen LogP contribution in [-0.4, -0.2) is 44.3 Å². The topological polar surface area (TPSA) is 86.4 Å². The Morgan fingerprint density at radius 3 is 2.42 bits per heavy atom. The first-order chi connectivity index (χ1) is 12.3. The average Bonchev–Trinajstić information content (AvgIpc) is 2.62. The van der Waals surface area contributed by atoms with Crippen molar-refractivity contribution in [2.24, 2.45) is 14.1 Å². The minimum Gasteiger partial charge on any atom is -0.490 e. The van der Waals surface area contributed by atoms with Crippen LogP contribution in [0.2, 0.25) is 0 Å². The number of hydrogen-bond acceptors (Lipinski definition) is 5. The fraction of sp³-hybridized carbons (Fsp3) is 0.444. The lowest BCUT2D eigenvalue weighted by Crippen LogP contribution is -2.42. The van der Waals surface area contributed by atoms with Crippen molar-refractivity contribution < 1.29 is 9.53 Å². The van der Waals surface area contributed by atoms with Crippen LogP contribution in [-0.2, 0) is 14.1 Å². The molecule has 0 N–H and O–H groups in total. The molecule has 1 amide bonds. The molecule has 2 aromatic heterocycles. The van der Waals surface area contributed by atoms with E-state index in [4.69, 9.17) is 4.74 Å². The van der Waals surface area contributed by atoms with Crippen molar-refractivity contribution >= 4 is 5.91 Å². The van der Waals surface area contributed by atoms with Gasteiger partial charge in [-0.15, -0.1) is 0 Å². The molecule has 0 unspecified atom stereocenters. The Labute approximate surface area is 150 Å². The van der Waals surface area contributed by atoms with E-state index in [0.717, 1.165) is 10.4 Å². The third kappa shape index (κ3) is 3.68. The standard InChI is InChI=1S/C18H22N4O4/c1-12-10-14(11-17(24)20(12)2)26-13-6-8-22(9-7-13)18(25)15-4-5-16(23)21(3)19-15/h4-5,10-11,13H,6-9H2,1-3H3. The maximum Gasteiger partial charge on any atom is 0.274 e. The zero-order valence-electron chi connectivity index (χ0n) is 15.1. The molecule has 0 spiro atoms. The van der Waals surface area contributed by atoms with Crippen LogP contribution in [0.5, 0.6) is 5.75 Å². The van der Waals surface area contributed by atoms with E-state index in [0.29, 0.717) is 31.7 Å². The second kappa shape index (κ2) is 7.15. The predicted molar refractivity (Wildman–Crippen MR) is 95.5 cm³/mol. The molecule has 8 heteroatoms. The van der Waals surface area contributed by atoms with Gasteiger partial charge in [0, 0.05) is 57.9 Å². The maximum absolute atomic E-state index is 12.5. The minimum absolute atomic E-state index is 0.0429. The molecule has 0 aromatic carbocycles. The smallest absolute Gasteiger partial charge is 0.274 e. The van der Waals surface area contributed by atoms with Crippen molar-refractivity contribution in [3.05, 3.63) is 56.4 Å². The second-order valence-electron chi connectivity index (χ2n) is 6.52. The first-order valence-corrected chi connectivity index (χ1v) is 8.53. The Bertz CT molecular complexity index is 939. The monoisotopic (exact) mass is 358 g/mol. The van der Waals surface area contributed by atoms with Crippen LogP contribution in [0.25, 0.3) is 0 Å². The minimum atomic E-state index is -0.252. The number of amides is 1. The highest BCUT2D eigenvalue weighted by Crippen LogP contribution is 2.19. The van der Waals surface area contributed by atoms with Crippen molar-refractivity contribution in [2.75, 3.05) is 13.1 Å². The van der Waals surface area contributed by atoms with E-state index in [1.165, 1.54) is 25.2 Å². The highest BCUT2D eigenvalue weighted by molar-refractivity contribution is 5.92. The van der Waals surface area contributed by atoms with E-state index >= 15 is 0 Å². The summed E-state index contributed by atoms with van der Waals surface area (Å²) >= 11 is 0. The number of carbonyl (C=O) groups is 1. The Kier molecular flexibility index (Phi) is 4.92. The summed E-state index contributed by atoms with van der Waals surface area (Å²) in [6.07, 6.45) is 1.30. The van der Waals surface area contributed by atoms with Crippen molar-refractivity contribution in [1.29, 1.82) is 0 Å². The average molecular weight is 358 g/mol. The van der Waals surface area contributed by atoms with Gasteiger partial charge in [0.2, 0.25) is 0 Å². The molecule has 2 aromatic rings. The molecule has 0 saturated carbocycles. The Morgan fingerprint density at radius 2 is 1.81 bits per heavy atom. The number of hydrogen-bond donors (Lipinski definition) is 0. The van der Waals surface area contributed by atoms with Crippen molar-refractivity contribution in [2.45, 2.75) is 25.9 Å². The summed E-state index contributed by atoms with van der Waals surface area (Å²) < 4.78 is 8.65. The summed E-state index contributed by atoms with van der Waals surface area (Å²) in [6, 6.07) is 6.12. The number of pyridine rings is 1.